The quantitative estimate of drug-likeness (QED) is 0.837. The summed E-state index contributed by atoms with van der Waals surface area (Å²) in [4.78, 5) is 11.8. The lowest BCUT2D eigenvalue weighted by atomic mass is 9.64. The number of carbonyl (C=O) groups excluding carboxylic acids is 1. The van der Waals surface area contributed by atoms with Crippen LogP contribution in [0.3, 0.4) is 0 Å². The molecule has 3 N–H and O–H groups in total. The molecule has 4 heteroatoms. The molecule has 0 aliphatic heterocycles. The molecular weight excluding hydrogens is 316 g/mol. The molecule has 1 aliphatic carbocycles. The average molecular weight is 339 g/mol. The van der Waals surface area contributed by atoms with Crippen molar-refractivity contribution in [3.8, 4) is 0 Å². The molecule has 0 spiro atoms. The van der Waals surface area contributed by atoms with Crippen molar-refractivity contribution in [3.05, 3.63) is 34.3 Å². The Morgan fingerprint density at radius 3 is 2.55 bits per heavy atom. The van der Waals surface area contributed by atoms with Crippen LogP contribution in [0.15, 0.2) is 28.7 Å². The van der Waals surface area contributed by atoms with Gasteiger partial charge in [0.15, 0.2) is 0 Å². The Hall–Kier alpha value is -0.870. The number of rotatable bonds is 6. The van der Waals surface area contributed by atoms with Gasteiger partial charge in [-0.3, -0.25) is 4.79 Å². The molecule has 0 heterocycles. The van der Waals surface area contributed by atoms with E-state index in [4.69, 9.17) is 5.73 Å². The van der Waals surface area contributed by atoms with E-state index in [1.807, 2.05) is 6.92 Å². The second-order valence-electron chi connectivity index (χ2n) is 5.93. The van der Waals surface area contributed by atoms with Gasteiger partial charge < -0.3 is 11.1 Å². The third-order valence-electron chi connectivity index (χ3n) is 4.22. The highest BCUT2D eigenvalue weighted by Gasteiger charge is 2.38. The van der Waals surface area contributed by atoms with Crippen molar-refractivity contribution in [2.24, 2.45) is 5.73 Å². The molecular formula is C16H23BrN2O. The summed E-state index contributed by atoms with van der Waals surface area (Å²) in [6.07, 6.45) is 4.82. The summed E-state index contributed by atoms with van der Waals surface area (Å²) in [5.41, 5.74) is 7.16. The summed E-state index contributed by atoms with van der Waals surface area (Å²) < 4.78 is 1.09. The predicted molar refractivity (Wildman–Crippen MR) is 85.6 cm³/mol. The first-order chi connectivity index (χ1) is 9.52. The van der Waals surface area contributed by atoms with Gasteiger partial charge in [0.2, 0.25) is 5.91 Å². The lowest BCUT2D eigenvalue weighted by Crippen LogP contribution is -2.45. The van der Waals surface area contributed by atoms with E-state index >= 15 is 0 Å². The molecule has 110 valence electrons. The van der Waals surface area contributed by atoms with E-state index in [2.05, 4.69) is 45.5 Å². The number of halogens is 1. The van der Waals surface area contributed by atoms with Crippen LogP contribution in [-0.4, -0.2) is 18.5 Å². The molecule has 20 heavy (non-hydrogen) atoms. The first-order valence-electron chi connectivity index (χ1n) is 7.30. The van der Waals surface area contributed by atoms with Gasteiger partial charge in [0.1, 0.15) is 0 Å². The number of carbonyl (C=O) groups is 1. The van der Waals surface area contributed by atoms with E-state index in [1.54, 1.807) is 0 Å². The maximum atomic E-state index is 11.8. The first-order valence-corrected chi connectivity index (χ1v) is 8.09. The van der Waals surface area contributed by atoms with Gasteiger partial charge in [-0.25, -0.2) is 0 Å². The Morgan fingerprint density at radius 2 is 2.05 bits per heavy atom. The average Bonchev–Trinajstić information content (AvgIpc) is 2.37. The van der Waals surface area contributed by atoms with Crippen LogP contribution in [0.4, 0.5) is 0 Å². The highest BCUT2D eigenvalue weighted by molar-refractivity contribution is 9.10. The number of nitrogens with one attached hydrogen (secondary N) is 1. The van der Waals surface area contributed by atoms with E-state index in [0.717, 1.165) is 30.3 Å². The molecule has 1 aromatic carbocycles. The minimum absolute atomic E-state index is 0.0879. The SMILES string of the molecule is CC(N)CCC(=O)NCC1(c2ccc(Br)cc2)CCC1. The lowest BCUT2D eigenvalue weighted by molar-refractivity contribution is -0.121. The molecule has 2 rings (SSSR count). The summed E-state index contributed by atoms with van der Waals surface area (Å²) >= 11 is 3.47. The van der Waals surface area contributed by atoms with Crippen molar-refractivity contribution < 1.29 is 4.79 Å². The fourth-order valence-electron chi connectivity index (χ4n) is 2.69. The maximum absolute atomic E-state index is 11.8. The summed E-state index contributed by atoms with van der Waals surface area (Å²) in [7, 11) is 0. The van der Waals surface area contributed by atoms with Gasteiger partial charge in [0.25, 0.3) is 0 Å². The Kier molecular flexibility index (Phi) is 5.22. The Balaban J connectivity index is 1.92. The van der Waals surface area contributed by atoms with E-state index in [9.17, 15) is 4.79 Å². The second kappa shape index (κ2) is 6.72. The molecule has 0 bridgehead atoms. The zero-order valence-electron chi connectivity index (χ0n) is 12.0. The monoisotopic (exact) mass is 338 g/mol. The van der Waals surface area contributed by atoms with Gasteiger partial charge in [-0.05, 0) is 43.9 Å². The van der Waals surface area contributed by atoms with Crippen molar-refractivity contribution in [3.63, 3.8) is 0 Å². The zero-order valence-corrected chi connectivity index (χ0v) is 13.6. The number of amides is 1. The molecule has 1 fully saturated rings. The van der Waals surface area contributed by atoms with Crippen LogP contribution in [0.1, 0.15) is 44.6 Å². The van der Waals surface area contributed by atoms with E-state index in [1.165, 1.54) is 12.0 Å². The highest BCUT2D eigenvalue weighted by atomic mass is 79.9. The zero-order chi connectivity index (χ0) is 14.6. The maximum Gasteiger partial charge on any atom is 0.220 e. The molecule has 1 unspecified atom stereocenters. The van der Waals surface area contributed by atoms with Crippen molar-refractivity contribution >= 4 is 21.8 Å². The van der Waals surface area contributed by atoms with Crippen molar-refractivity contribution in [2.75, 3.05) is 6.54 Å². The second-order valence-corrected chi connectivity index (χ2v) is 6.85. The Bertz CT molecular complexity index is 452. The van der Waals surface area contributed by atoms with Gasteiger partial charge >= 0.3 is 0 Å². The molecule has 0 saturated heterocycles. The Labute approximate surface area is 129 Å². The standard InChI is InChI=1S/C16H23BrN2O/c1-12(18)3-8-15(20)19-11-16(9-2-10-16)13-4-6-14(17)7-5-13/h4-7,12H,2-3,8-11,18H2,1H3,(H,19,20). The molecule has 3 nitrogen and oxygen atoms in total. The van der Waals surface area contributed by atoms with Crippen molar-refractivity contribution in [2.45, 2.75) is 50.5 Å². The number of hydrogen-bond acceptors (Lipinski definition) is 2. The lowest BCUT2D eigenvalue weighted by Gasteiger charge is -2.42. The van der Waals surface area contributed by atoms with Crippen LogP contribution in [-0.2, 0) is 10.2 Å². The van der Waals surface area contributed by atoms with Crippen LogP contribution in [0.25, 0.3) is 0 Å². The normalized spacial score (nSPS) is 18.1. The molecule has 1 atom stereocenters. The fraction of sp³-hybridized carbons (Fsp3) is 0.562. The minimum atomic E-state index is 0.0879. The third-order valence-corrected chi connectivity index (χ3v) is 4.75. The number of hydrogen-bond donors (Lipinski definition) is 2. The molecule has 0 radical (unpaired) electrons. The molecule has 1 aliphatic rings. The Morgan fingerprint density at radius 1 is 1.40 bits per heavy atom. The predicted octanol–water partition coefficient (Wildman–Crippen LogP) is 3.11. The third kappa shape index (κ3) is 3.83. The topological polar surface area (TPSA) is 55.1 Å². The molecule has 1 saturated carbocycles. The van der Waals surface area contributed by atoms with E-state index in [-0.39, 0.29) is 17.4 Å². The van der Waals surface area contributed by atoms with Gasteiger partial charge in [0.05, 0.1) is 0 Å². The van der Waals surface area contributed by atoms with Crippen LogP contribution < -0.4 is 11.1 Å². The summed E-state index contributed by atoms with van der Waals surface area (Å²) in [6, 6.07) is 8.57. The summed E-state index contributed by atoms with van der Waals surface area (Å²) in [5.74, 6) is 0.116. The van der Waals surface area contributed by atoms with Gasteiger partial charge in [0, 0.05) is 28.9 Å². The van der Waals surface area contributed by atoms with Crippen LogP contribution >= 0.6 is 15.9 Å². The van der Waals surface area contributed by atoms with Gasteiger partial charge in [-0.15, -0.1) is 0 Å². The number of nitrogens with two attached hydrogens (primary N) is 1. The van der Waals surface area contributed by atoms with Gasteiger partial charge in [-0.1, -0.05) is 34.5 Å². The minimum Gasteiger partial charge on any atom is -0.355 e. The molecule has 1 aromatic rings. The highest BCUT2D eigenvalue weighted by Crippen LogP contribution is 2.43. The van der Waals surface area contributed by atoms with E-state index in [0.29, 0.717) is 6.42 Å². The van der Waals surface area contributed by atoms with Crippen LogP contribution in [0.2, 0.25) is 0 Å². The van der Waals surface area contributed by atoms with Crippen LogP contribution in [0, 0.1) is 0 Å². The van der Waals surface area contributed by atoms with Crippen LogP contribution in [0.5, 0.6) is 0 Å². The summed E-state index contributed by atoms with van der Waals surface area (Å²) in [6.45, 7) is 2.68. The van der Waals surface area contributed by atoms with Crippen molar-refractivity contribution in [1.82, 2.24) is 5.32 Å². The van der Waals surface area contributed by atoms with Gasteiger partial charge in [-0.2, -0.15) is 0 Å². The molecule has 0 aromatic heterocycles. The number of benzene rings is 1. The fourth-order valence-corrected chi connectivity index (χ4v) is 2.95. The van der Waals surface area contributed by atoms with Crippen molar-refractivity contribution in [1.29, 1.82) is 0 Å². The van der Waals surface area contributed by atoms with E-state index < -0.39 is 0 Å². The first kappa shape index (κ1) is 15.5. The summed E-state index contributed by atoms with van der Waals surface area (Å²) in [5, 5.41) is 3.09. The smallest absolute Gasteiger partial charge is 0.220 e. The largest absolute Gasteiger partial charge is 0.355 e. The molecule has 1 amide bonds.